The lowest BCUT2D eigenvalue weighted by Crippen LogP contribution is -2.57. The molecule has 212 valence electrons. The van der Waals surface area contributed by atoms with Crippen LogP contribution in [0.15, 0.2) is 47.3 Å². The maximum Gasteiger partial charge on any atom is 0.274 e. The molecule has 11 heteroatoms. The van der Waals surface area contributed by atoms with Crippen molar-refractivity contribution in [2.75, 3.05) is 6.54 Å². The summed E-state index contributed by atoms with van der Waals surface area (Å²) < 4.78 is 49.3. The summed E-state index contributed by atoms with van der Waals surface area (Å²) in [5.41, 5.74) is -2.12. The number of hydrogen-bond acceptors (Lipinski definition) is 5. The van der Waals surface area contributed by atoms with Crippen LogP contribution in [0.3, 0.4) is 0 Å². The van der Waals surface area contributed by atoms with Gasteiger partial charge in [-0.25, -0.2) is 13.2 Å². The molecule has 1 aromatic heterocycles. The Morgan fingerprint density at radius 1 is 1.07 bits per heavy atom. The average molecular weight is 566 g/mol. The number of nitrogens with one attached hydrogen (secondary N) is 1. The molecule has 2 amide bonds. The zero-order valence-electron chi connectivity index (χ0n) is 22.1. The largest absolute Gasteiger partial charge is 0.483 e. The van der Waals surface area contributed by atoms with E-state index in [1.54, 1.807) is 29.2 Å². The highest BCUT2D eigenvalue weighted by atomic mass is 19.1. The third kappa shape index (κ3) is 4.22. The number of nitrogens with zero attached hydrogens (tertiary/aromatic N) is 2. The average Bonchev–Trinajstić information content (AvgIpc) is 3.27. The normalized spacial score (nSPS) is 21.0. The SMILES string of the molecule is C[C@H]1CCC(=O)[C@]23CCc4c(C(=O)NCc5c(F)cc(F)cc5F)c(=O)c(OCc5ccccc5)c(n42)C(=O)N1C3. The summed E-state index contributed by atoms with van der Waals surface area (Å²) in [4.78, 5) is 56.5. The molecule has 3 aliphatic heterocycles. The third-order valence-corrected chi connectivity index (χ3v) is 8.35. The Kier molecular flexibility index (Phi) is 6.47. The predicted octanol–water partition coefficient (Wildman–Crippen LogP) is 3.62. The topological polar surface area (TPSA) is 97.7 Å². The number of aromatic nitrogens is 1. The van der Waals surface area contributed by atoms with Crippen molar-refractivity contribution in [3.05, 3.63) is 98.2 Å². The van der Waals surface area contributed by atoms with Crippen LogP contribution in [0.2, 0.25) is 0 Å². The fourth-order valence-electron chi connectivity index (χ4n) is 6.21. The summed E-state index contributed by atoms with van der Waals surface area (Å²) in [5.74, 6) is -5.36. The van der Waals surface area contributed by atoms with Crippen molar-refractivity contribution in [3.8, 4) is 5.75 Å². The molecule has 1 N–H and O–H groups in total. The summed E-state index contributed by atoms with van der Waals surface area (Å²) >= 11 is 0. The lowest BCUT2D eigenvalue weighted by atomic mass is 9.87. The van der Waals surface area contributed by atoms with Crippen LogP contribution in [0.25, 0.3) is 0 Å². The van der Waals surface area contributed by atoms with Gasteiger partial charge in [0, 0.05) is 42.4 Å². The first-order chi connectivity index (χ1) is 19.6. The van der Waals surface area contributed by atoms with Crippen molar-refractivity contribution in [1.82, 2.24) is 14.8 Å². The number of ketones is 1. The second-order valence-corrected chi connectivity index (χ2v) is 10.7. The number of rotatable bonds is 6. The molecule has 0 unspecified atom stereocenters. The monoisotopic (exact) mass is 565 g/mol. The van der Waals surface area contributed by atoms with Gasteiger partial charge in [-0.3, -0.25) is 19.2 Å². The van der Waals surface area contributed by atoms with Crippen molar-refractivity contribution in [2.45, 2.75) is 57.3 Å². The summed E-state index contributed by atoms with van der Waals surface area (Å²) in [6, 6.07) is 9.66. The van der Waals surface area contributed by atoms with Gasteiger partial charge < -0.3 is 19.5 Å². The molecule has 8 nitrogen and oxygen atoms in total. The smallest absolute Gasteiger partial charge is 0.274 e. The fourth-order valence-corrected chi connectivity index (χ4v) is 6.21. The van der Waals surface area contributed by atoms with E-state index < -0.39 is 52.3 Å². The van der Waals surface area contributed by atoms with Crippen LogP contribution < -0.4 is 15.5 Å². The standard InChI is InChI=1S/C30H26F3N3O5/c1-16-7-8-23(37)30-10-9-22-24(28(39)34-13-19-20(32)11-18(31)12-21(19)33)26(38)27(41-14-17-5-3-2-4-6-17)25(36(22)30)29(40)35(16)15-30/h2-6,11-12,16H,7-10,13-15H2,1H3,(H,34,39)/t16-,30+/m0/s1. The van der Waals surface area contributed by atoms with E-state index in [2.05, 4.69) is 5.32 Å². The van der Waals surface area contributed by atoms with Crippen LogP contribution in [0.1, 0.15) is 63.9 Å². The van der Waals surface area contributed by atoms with Gasteiger partial charge in [-0.2, -0.15) is 0 Å². The Balaban J connectivity index is 1.49. The molecular weight excluding hydrogens is 539 g/mol. The van der Waals surface area contributed by atoms with Crippen LogP contribution in [0.5, 0.6) is 5.75 Å². The molecule has 2 bridgehead atoms. The molecule has 0 radical (unpaired) electrons. The van der Waals surface area contributed by atoms with Crippen LogP contribution >= 0.6 is 0 Å². The molecule has 0 aliphatic carbocycles. The van der Waals surface area contributed by atoms with Gasteiger partial charge in [0.2, 0.25) is 5.43 Å². The van der Waals surface area contributed by atoms with E-state index in [-0.39, 0.29) is 66.9 Å². The first kappa shape index (κ1) is 26.8. The molecule has 4 heterocycles. The lowest BCUT2D eigenvalue weighted by molar-refractivity contribution is -0.127. The number of hydrogen-bond donors (Lipinski definition) is 1. The number of fused-ring (bicyclic) bond motifs is 1. The number of benzene rings is 2. The van der Waals surface area contributed by atoms with Gasteiger partial charge in [-0.15, -0.1) is 0 Å². The van der Waals surface area contributed by atoms with Gasteiger partial charge in [0.1, 0.15) is 35.2 Å². The maximum absolute atomic E-state index is 14.2. The van der Waals surface area contributed by atoms with Crippen LogP contribution in [0.4, 0.5) is 13.2 Å². The van der Waals surface area contributed by atoms with E-state index in [4.69, 9.17) is 4.74 Å². The highest BCUT2D eigenvalue weighted by Crippen LogP contribution is 2.45. The highest BCUT2D eigenvalue weighted by molar-refractivity contribution is 6.03. The number of ether oxygens (including phenoxy) is 1. The van der Waals surface area contributed by atoms with Gasteiger partial charge in [-0.05, 0) is 31.7 Å². The van der Waals surface area contributed by atoms with E-state index in [9.17, 15) is 32.3 Å². The summed E-state index contributed by atoms with van der Waals surface area (Å²) in [5, 5.41) is 2.36. The molecule has 6 rings (SSSR count). The van der Waals surface area contributed by atoms with Gasteiger partial charge in [0.25, 0.3) is 11.8 Å². The number of carbonyl (C=O) groups is 3. The summed E-state index contributed by atoms with van der Waals surface area (Å²) in [6.07, 6.45) is 1.12. The Labute approximate surface area is 232 Å². The molecule has 41 heavy (non-hydrogen) atoms. The van der Waals surface area contributed by atoms with E-state index in [1.165, 1.54) is 4.57 Å². The first-order valence-electron chi connectivity index (χ1n) is 13.4. The van der Waals surface area contributed by atoms with Crippen molar-refractivity contribution in [2.24, 2.45) is 0 Å². The quantitative estimate of drug-likeness (QED) is 0.493. The van der Waals surface area contributed by atoms with Crippen molar-refractivity contribution >= 4 is 17.6 Å². The maximum atomic E-state index is 14.2. The van der Waals surface area contributed by atoms with E-state index in [1.807, 2.05) is 13.0 Å². The Bertz CT molecular complexity index is 1650. The molecule has 1 saturated heterocycles. The Hall–Kier alpha value is -4.41. The Morgan fingerprint density at radius 3 is 2.49 bits per heavy atom. The van der Waals surface area contributed by atoms with Gasteiger partial charge in [0.05, 0.1) is 6.54 Å². The van der Waals surface area contributed by atoms with Crippen LogP contribution in [0, 0.1) is 17.5 Å². The second kappa shape index (κ2) is 9.90. The molecule has 2 atom stereocenters. The number of halogens is 3. The number of Topliss-reactive ketones (excluding diaryl/α,β-unsaturated/α-hetero) is 1. The summed E-state index contributed by atoms with van der Waals surface area (Å²) in [7, 11) is 0. The molecule has 1 fully saturated rings. The predicted molar refractivity (Wildman–Crippen MR) is 140 cm³/mol. The number of amides is 2. The molecular formula is C30H26F3N3O5. The zero-order chi connectivity index (χ0) is 29.1. The number of pyridine rings is 1. The van der Waals surface area contributed by atoms with Crippen molar-refractivity contribution < 1.29 is 32.3 Å². The van der Waals surface area contributed by atoms with Crippen molar-refractivity contribution in [3.63, 3.8) is 0 Å². The minimum atomic E-state index is -1.19. The summed E-state index contributed by atoms with van der Waals surface area (Å²) in [6.45, 7) is 1.22. The van der Waals surface area contributed by atoms with E-state index >= 15 is 0 Å². The first-order valence-corrected chi connectivity index (χ1v) is 13.4. The fraction of sp³-hybridized carbons (Fsp3) is 0.333. The molecule has 3 aromatic rings. The molecule has 3 aliphatic rings. The van der Waals surface area contributed by atoms with Gasteiger partial charge in [-0.1, -0.05) is 30.3 Å². The molecule has 1 spiro atoms. The van der Waals surface area contributed by atoms with Crippen LogP contribution in [-0.2, 0) is 29.9 Å². The second-order valence-electron chi connectivity index (χ2n) is 10.7. The Morgan fingerprint density at radius 2 is 1.78 bits per heavy atom. The van der Waals surface area contributed by atoms with E-state index in [0.717, 1.165) is 0 Å². The third-order valence-electron chi connectivity index (χ3n) is 8.35. The van der Waals surface area contributed by atoms with Crippen molar-refractivity contribution in [1.29, 1.82) is 0 Å². The minimum Gasteiger partial charge on any atom is -0.483 e. The highest BCUT2D eigenvalue weighted by Gasteiger charge is 2.56. The van der Waals surface area contributed by atoms with Crippen LogP contribution in [-0.4, -0.2) is 39.7 Å². The molecule has 0 saturated carbocycles. The van der Waals surface area contributed by atoms with E-state index in [0.29, 0.717) is 24.1 Å². The zero-order valence-corrected chi connectivity index (χ0v) is 22.1. The molecule has 2 aromatic carbocycles. The lowest BCUT2D eigenvalue weighted by Gasteiger charge is -2.42. The van der Waals surface area contributed by atoms with Gasteiger partial charge in [0.15, 0.2) is 17.2 Å². The van der Waals surface area contributed by atoms with Gasteiger partial charge >= 0.3 is 0 Å². The minimum absolute atomic E-state index is 0.0704. The number of carbonyl (C=O) groups excluding carboxylic acids is 3.